The molecule has 0 saturated heterocycles. The van der Waals surface area contributed by atoms with Gasteiger partial charge in [0.1, 0.15) is 5.75 Å². The van der Waals surface area contributed by atoms with Crippen molar-refractivity contribution in [2.24, 2.45) is 0 Å². The molecular formula is C23H26ClNO5. The van der Waals surface area contributed by atoms with Crippen molar-refractivity contribution in [3.8, 4) is 5.75 Å². The first-order valence-electron chi connectivity index (χ1n) is 9.86. The number of Topliss-reactive ketones (excluding diaryl/α,β-unsaturated/α-hetero) is 1. The Labute approximate surface area is 181 Å². The first-order valence-corrected chi connectivity index (χ1v) is 10.2. The quantitative estimate of drug-likeness (QED) is 0.308. The third-order valence-corrected chi connectivity index (χ3v) is 4.49. The Hall–Kier alpha value is -2.86. The molecule has 2 aromatic carbocycles. The van der Waals surface area contributed by atoms with Gasteiger partial charge in [0.15, 0.2) is 12.4 Å². The molecule has 0 saturated carbocycles. The Bertz CT molecular complexity index is 880. The molecule has 7 heteroatoms. The Kier molecular flexibility index (Phi) is 9.35. The summed E-state index contributed by atoms with van der Waals surface area (Å²) < 4.78 is 10.7. The van der Waals surface area contributed by atoms with Crippen LogP contribution in [0.4, 0.5) is 5.69 Å². The molecule has 2 rings (SSSR count). The van der Waals surface area contributed by atoms with Crippen molar-refractivity contribution < 1.29 is 23.9 Å². The zero-order valence-electron chi connectivity index (χ0n) is 17.2. The standard InChI is InChI=1S/C23H26ClNO5/c1-3-5-22(27)25-19-10-7-17(8-11-19)20(26)15-30-23(28)6-4-13-29-21-12-9-18(24)14-16(21)2/h7-12,14H,3-6,13,15H2,1-2H3,(H,25,27). The number of amides is 1. The molecule has 0 aliphatic rings. The molecule has 0 aliphatic heterocycles. The highest BCUT2D eigenvalue weighted by atomic mass is 35.5. The number of benzene rings is 2. The summed E-state index contributed by atoms with van der Waals surface area (Å²) in [4.78, 5) is 35.6. The zero-order valence-corrected chi connectivity index (χ0v) is 18.0. The number of rotatable bonds is 11. The third-order valence-electron chi connectivity index (χ3n) is 4.25. The lowest BCUT2D eigenvalue weighted by atomic mass is 10.1. The summed E-state index contributed by atoms with van der Waals surface area (Å²) in [6, 6.07) is 11.8. The van der Waals surface area contributed by atoms with E-state index in [-0.39, 0.29) is 24.7 Å². The van der Waals surface area contributed by atoms with Gasteiger partial charge in [-0.1, -0.05) is 18.5 Å². The van der Waals surface area contributed by atoms with Gasteiger partial charge in [-0.15, -0.1) is 0 Å². The zero-order chi connectivity index (χ0) is 21.9. The van der Waals surface area contributed by atoms with Crippen molar-refractivity contribution >= 4 is 34.9 Å². The topological polar surface area (TPSA) is 81.7 Å². The molecule has 6 nitrogen and oxygen atoms in total. The maximum atomic E-state index is 12.2. The van der Waals surface area contributed by atoms with E-state index in [0.29, 0.717) is 35.7 Å². The number of hydrogen-bond acceptors (Lipinski definition) is 5. The van der Waals surface area contributed by atoms with E-state index in [1.54, 1.807) is 36.4 Å². The van der Waals surface area contributed by atoms with Crippen LogP contribution in [-0.4, -0.2) is 30.9 Å². The van der Waals surface area contributed by atoms with Gasteiger partial charge in [0.25, 0.3) is 0 Å². The monoisotopic (exact) mass is 431 g/mol. The normalized spacial score (nSPS) is 10.4. The van der Waals surface area contributed by atoms with Crippen LogP contribution in [0.15, 0.2) is 42.5 Å². The number of ether oxygens (including phenoxy) is 2. The van der Waals surface area contributed by atoms with Crippen molar-refractivity contribution in [2.75, 3.05) is 18.5 Å². The average molecular weight is 432 g/mol. The highest BCUT2D eigenvalue weighted by Crippen LogP contribution is 2.22. The minimum Gasteiger partial charge on any atom is -0.493 e. The summed E-state index contributed by atoms with van der Waals surface area (Å²) >= 11 is 5.90. The molecule has 0 atom stereocenters. The molecule has 2 aromatic rings. The van der Waals surface area contributed by atoms with Gasteiger partial charge in [0, 0.05) is 29.1 Å². The fourth-order valence-corrected chi connectivity index (χ4v) is 2.89. The molecule has 0 unspecified atom stereocenters. The van der Waals surface area contributed by atoms with Gasteiger partial charge in [-0.3, -0.25) is 14.4 Å². The predicted octanol–water partition coefficient (Wildman–Crippen LogP) is 4.97. The molecule has 0 radical (unpaired) electrons. The van der Waals surface area contributed by atoms with Crippen LogP contribution >= 0.6 is 11.6 Å². The van der Waals surface area contributed by atoms with Crippen LogP contribution in [0.25, 0.3) is 0 Å². The summed E-state index contributed by atoms with van der Waals surface area (Å²) in [7, 11) is 0. The average Bonchev–Trinajstić information content (AvgIpc) is 2.71. The Balaban J connectivity index is 1.68. The smallest absolute Gasteiger partial charge is 0.306 e. The van der Waals surface area contributed by atoms with Crippen LogP contribution < -0.4 is 10.1 Å². The Morgan fingerprint density at radius 2 is 1.77 bits per heavy atom. The van der Waals surface area contributed by atoms with Crippen LogP contribution in [0, 0.1) is 6.92 Å². The fraction of sp³-hybridized carbons (Fsp3) is 0.348. The van der Waals surface area contributed by atoms with E-state index in [4.69, 9.17) is 21.1 Å². The number of carbonyl (C=O) groups excluding carboxylic acids is 3. The number of ketones is 1. The second-order valence-electron chi connectivity index (χ2n) is 6.82. The molecular weight excluding hydrogens is 406 g/mol. The molecule has 0 aliphatic carbocycles. The van der Waals surface area contributed by atoms with E-state index in [0.717, 1.165) is 17.7 Å². The van der Waals surface area contributed by atoms with Crippen molar-refractivity contribution in [3.05, 3.63) is 58.6 Å². The maximum absolute atomic E-state index is 12.2. The number of esters is 1. The van der Waals surface area contributed by atoms with Crippen molar-refractivity contribution in [1.82, 2.24) is 0 Å². The summed E-state index contributed by atoms with van der Waals surface area (Å²) in [6.07, 6.45) is 1.84. The van der Waals surface area contributed by atoms with Crippen LogP contribution in [0.1, 0.15) is 48.5 Å². The van der Waals surface area contributed by atoms with Crippen molar-refractivity contribution in [2.45, 2.75) is 39.5 Å². The highest BCUT2D eigenvalue weighted by Gasteiger charge is 2.11. The number of halogens is 1. The van der Waals surface area contributed by atoms with Crippen LogP contribution in [-0.2, 0) is 14.3 Å². The van der Waals surface area contributed by atoms with E-state index >= 15 is 0 Å². The largest absolute Gasteiger partial charge is 0.493 e. The van der Waals surface area contributed by atoms with Gasteiger partial charge in [-0.05, 0) is 67.8 Å². The predicted molar refractivity (Wildman–Crippen MR) is 116 cm³/mol. The molecule has 1 amide bonds. The minimum absolute atomic E-state index is 0.0688. The molecule has 0 bridgehead atoms. The maximum Gasteiger partial charge on any atom is 0.306 e. The van der Waals surface area contributed by atoms with E-state index in [1.807, 2.05) is 19.9 Å². The second kappa shape index (κ2) is 12.0. The summed E-state index contributed by atoms with van der Waals surface area (Å²) in [5.41, 5.74) is 1.96. The van der Waals surface area contributed by atoms with Crippen LogP contribution in [0.5, 0.6) is 5.75 Å². The van der Waals surface area contributed by atoms with E-state index < -0.39 is 5.97 Å². The summed E-state index contributed by atoms with van der Waals surface area (Å²) in [6.45, 7) is 3.86. The van der Waals surface area contributed by atoms with Gasteiger partial charge in [-0.25, -0.2) is 0 Å². The Morgan fingerprint density at radius 1 is 1.03 bits per heavy atom. The first-order chi connectivity index (χ1) is 14.4. The van der Waals surface area contributed by atoms with Crippen molar-refractivity contribution in [1.29, 1.82) is 0 Å². The van der Waals surface area contributed by atoms with Gasteiger partial charge in [-0.2, -0.15) is 0 Å². The van der Waals surface area contributed by atoms with Crippen LogP contribution in [0.3, 0.4) is 0 Å². The molecule has 1 N–H and O–H groups in total. The lowest BCUT2D eigenvalue weighted by Gasteiger charge is -2.09. The number of aryl methyl sites for hydroxylation is 1. The third kappa shape index (κ3) is 7.87. The van der Waals surface area contributed by atoms with Gasteiger partial charge in [0.2, 0.25) is 5.91 Å². The molecule has 0 heterocycles. The minimum atomic E-state index is -0.455. The molecule has 30 heavy (non-hydrogen) atoms. The lowest BCUT2D eigenvalue weighted by molar-refractivity contribution is -0.142. The summed E-state index contributed by atoms with van der Waals surface area (Å²) in [5.74, 6) is -0.107. The van der Waals surface area contributed by atoms with Gasteiger partial charge >= 0.3 is 5.97 Å². The Morgan fingerprint density at radius 3 is 2.43 bits per heavy atom. The first kappa shape index (κ1) is 23.4. The van der Waals surface area contributed by atoms with E-state index in [9.17, 15) is 14.4 Å². The number of hydrogen-bond donors (Lipinski definition) is 1. The molecule has 0 aromatic heterocycles. The highest BCUT2D eigenvalue weighted by molar-refractivity contribution is 6.30. The van der Waals surface area contributed by atoms with Gasteiger partial charge < -0.3 is 14.8 Å². The molecule has 160 valence electrons. The van der Waals surface area contributed by atoms with Crippen molar-refractivity contribution in [3.63, 3.8) is 0 Å². The number of nitrogens with one attached hydrogen (secondary N) is 1. The number of carbonyl (C=O) groups is 3. The molecule has 0 spiro atoms. The second-order valence-corrected chi connectivity index (χ2v) is 7.26. The lowest BCUT2D eigenvalue weighted by Crippen LogP contribution is -2.15. The van der Waals surface area contributed by atoms with E-state index in [2.05, 4.69) is 5.32 Å². The SMILES string of the molecule is CCCC(=O)Nc1ccc(C(=O)COC(=O)CCCOc2ccc(Cl)cc2C)cc1. The number of anilines is 1. The summed E-state index contributed by atoms with van der Waals surface area (Å²) in [5, 5.41) is 3.39. The van der Waals surface area contributed by atoms with E-state index in [1.165, 1.54) is 0 Å². The van der Waals surface area contributed by atoms with Gasteiger partial charge in [0.05, 0.1) is 6.61 Å². The van der Waals surface area contributed by atoms with Crippen LogP contribution in [0.2, 0.25) is 5.02 Å². The molecule has 0 fully saturated rings. The fourth-order valence-electron chi connectivity index (χ4n) is 2.66.